The summed E-state index contributed by atoms with van der Waals surface area (Å²) < 4.78 is 32.9. The van der Waals surface area contributed by atoms with E-state index in [-0.39, 0.29) is 12.1 Å². The highest BCUT2D eigenvalue weighted by molar-refractivity contribution is 7.89. The number of ether oxygens (including phenoxy) is 1. The van der Waals surface area contributed by atoms with Crippen molar-refractivity contribution in [2.24, 2.45) is 0 Å². The summed E-state index contributed by atoms with van der Waals surface area (Å²) in [5.41, 5.74) is 0. The Labute approximate surface area is 118 Å². The van der Waals surface area contributed by atoms with Crippen LogP contribution in [0, 0.1) is 0 Å². The van der Waals surface area contributed by atoms with E-state index in [9.17, 15) is 8.42 Å². The lowest BCUT2D eigenvalue weighted by Crippen LogP contribution is -2.47. The van der Waals surface area contributed by atoms with Crippen molar-refractivity contribution in [1.29, 1.82) is 0 Å². The van der Waals surface area contributed by atoms with Crippen molar-refractivity contribution < 1.29 is 13.2 Å². The first-order chi connectivity index (χ1) is 9.60. The Morgan fingerprint density at radius 3 is 2.55 bits per heavy atom. The predicted octanol–water partition coefficient (Wildman–Crippen LogP) is 2.30. The summed E-state index contributed by atoms with van der Waals surface area (Å²) in [6.45, 7) is 0. The normalized spacial score (nSPS) is 22.6. The van der Waals surface area contributed by atoms with Gasteiger partial charge in [-0.15, -0.1) is 0 Å². The minimum atomic E-state index is -3.48. The summed E-state index contributed by atoms with van der Waals surface area (Å²) in [5, 5.41) is 1.68. The van der Waals surface area contributed by atoms with Crippen LogP contribution in [0.3, 0.4) is 0 Å². The Balaban J connectivity index is 1.90. The van der Waals surface area contributed by atoms with Crippen molar-refractivity contribution in [3.05, 3.63) is 42.5 Å². The minimum Gasteiger partial charge on any atom is -0.381 e. The second-order valence-corrected chi connectivity index (χ2v) is 6.81. The van der Waals surface area contributed by atoms with Gasteiger partial charge in [-0.05, 0) is 24.3 Å². The van der Waals surface area contributed by atoms with Gasteiger partial charge < -0.3 is 4.74 Å². The second kappa shape index (κ2) is 5.16. The summed E-state index contributed by atoms with van der Waals surface area (Å²) in [7, 11) is -1.83. The van der Waals surface area contributed by atoms with Gasteiger partial charge >= 0.3 is 0 Å². The first-order valence-electron chi connectivity index (χ1n) is 6.63. The molecular formula is C15H17NO3S. The van der Waals surface area contributed by atoms with Crippen molar-refractivity contribution in [2.75, 3.05) is 7.11 Å². The monoisotopic (exact) mass is 291 g/mol. The van der Waals surface area contributed by atoms with Gasteiger partial charge in [0.05, 0.1) is 11.0 Å². The largest absolute Gasteiger partial charge is 0.381 e. The molecule has 1 fully saturated rings. The number of methoxy groups -OCH3 is 1. The third-order valence-electron chi connectivity index (χ3n) is 3.79. The molecule has 0 unspecified atom stereocenters. The van der Waals surface area contributed by atoms with Crippen molar-refractivity contribution in [2.45, 2.75) is 29.9 Å². The van der Waals surface area contributed by atoms with Crippen LogP contribution < -0.4 is 4.72 Å². The van der Waals surface area contributed by atoms with Crippen molar-refractivity contribution >= 4 is 20.8 Å². The maximum absolute atomic E-state index is 12.5. The first kappa shape index (κ1) is 13.5. The van der Waals surface area contributed by atoms with Crippen LogP contribution in [0.15, 0.2) is 47.4 Å². The maximum Gasteiger partial charge on any atom is 0.241 e. The number of sulfonamides is 1. The van der Waals surface area contributed by atoms with E-state index in [1.165, 1.54) is 0 Å². The number of benzene rings is 2. The van der Waals surface area contributed by atoms with Crippen LogP contribution in [0.2, 0.25) is 0 Å². The van der Waals surface area contributed by atoms with Crippen LogP contribution in [0.5, 0.6) is 0 Å². The van der Waals surface area contributed by atoms with E-state index in [2.05, 4.69) is 4.72 Å². The van der Waals surface area contributed by atoms with Gasteiger partial charge in [0.25, 0.3) is 0 Å². The topological polar surface area (TPSA) is 55.4 Å². The molecule has 4 nitrogen and oxygen atoms in total. The zero-order chi connectivity index (χ0) is 14.2. The third-order valence-corrected chi connectivity index (χ3v) is 5.37. The first-order valence-corrected chi connectivity index (χ1v) is 8.11. The second-order valence-electron chi connectivity index (χ2n) is 5.12. The number of fused-ring (bicyclic) bond motifs is 1. The quantitative estimate of drug-likeness (QED) is 0.940. The van der Waals surface area contributed by atoms with E-state index < -0.39 is 10.0 Å². The van der Waals surface area contributed by atoms with E-state index in [1.807, 2.05) is 30.3 Å². The predicted molar refractivity (Wildman–Crippen MR) is 78.1 cm³/mol. The van der Waals surface area contributed by atoms with Gasteiger partial charge in [-0.25, -0.2) is 13.1 Å². The molecule has 5 heteroatoms. The average molecular weight is 291 g/mol. The van der Waals surface area contributed by atoms with E-state index >= 15 is 0 Å². The Bertz CT molecular complexity index is 715. The van der Waals surface area contributed by atoms with Gasteiger partial charge in [0.2, 0.25) is 10.0 Å². The van der Waals surface area contributed by atoms with Crippen LogP contribution in [0.25, 0.3) is 10.8 Å². The van der Waals surface area contributed by atoms with E-state index in [1.54, 1.807) is 19.2 Å². The molecule has 0 saturated heterocycles. The lowest BCUT2D eigenvalue weighted by molar-refractivity contribution is 0.0236. The molecule has 0 aliphatic heterocycles. The van der Waals surface area contributed by atoms with E-state index in [0.29, 0.717) is 4.90 Å². The summed E-state index contributed by atoms with van der Waals surface area (Å²) in [5.74, 6) is 0. The molecule has 3 rings (SSSR count). The van der Waals surface area contributed by atoms with Gasteiger partial charge in [-0.1, -0.05) is 36.4 Å². The van der Waals surface area contributed by atoms with Crippen molar-refractivity contribution in [1.82, 2.24) is 4.72 Å². The Kier molecular flexibility index (Phi) is 3.50. The molecule has 0 bridgehead atoms. The summed E-state index contributed by atoms with van der Waals surface area (Å²) in [6.07, 6.45) is 1.65. The molecule has 1 saturated carbocycles. The Hall–Kier alpha value is -1.43. The van der Waals surface area contributed by atoms with Gasteiger partial charge in [0.1, 0.15) is 0 Å². The molecular weight excluding hydrogens is 274 g/mol. The van der Waals surface area contributed by atoms with Gasteiger partial charge in [0, 0.05) is 18.5 Å². The standard InChI is InChI=1S/C15H17NO3S/c1-19-13-9-12(10-13)16-20(17,18)15-8-4-6-11-5-2-3-7-14(11)15/h2-8,12-13,16H,9-10H2,1H3. The molecule has 2 aromatic rings. The number of hydrogen-bond acceptors (Lipinski definition) is 3. The van der Waals surface area contributed by atoms with Crippen LogP contribution in [0.4, 0.5) is 0 Å². The molecule has 106 valence electrons. The third kappa shape index (κ3) is 2.44. The van der Waals surface area contributed by atoms with E-state index in [0.717, 1.165) is 23.6 Å². The fourth-order valence-corrected chi connectivity index (χ4v) is 4.06. The minimum absolute atomic E-state index is 0.0241. The summed E-state index contributed by atoms with van der Waals surface area (Å²) in [4.78, 5) is 0.344. The highest BCUT2D eigenvalue weighted by Gasteiger charge is 2.33. The molecule has 2 aromatic carbocycles. The Morgan fingerprint density at radius 2 is 1.80 bits per heavy atom. The molecule has 0 aromatic heterocycles. The SMILES string of the molecule is COC1CC(NS(=O)(=O)c2cccc3ccccc23)C1. The highest BCUT2D eigenvalue weighted by atomic mass is 32.2. The lowest BCUT2D eigenvalue weighted by Gasteiger charge is -2.34. The van der Waals surface area contributed by atoms with Crippen molar-refractivity contribution in [3.63, 3.8) is 0 Å². The molecule has 0 amide bonds. The molecule has 0 atom stereocenters. The molecule has 20 heavy (non-hydrogen) atoms. The van der Waals surface area contributed by atoms with Crippen LogP contribution in [-0.4, -0.2) is 27.7 Å². The van der Waals surface area contributed by atoms with Gasteiger partial charge in [-0.3, -0.25) is 0 Å². The van der Waals surface area contributed by atoms with Crippen molar-refractivity contribution in [3.8, 4) is 0 Å². The molecule has 0 heterocycles. The van der Waals surface area contributed by atoms with Crippen LogP contribution >= 0.6 is 0 Å². The molecule has 0 radical (unpaired) electrons. The van der Waals surface area contributed by atoms with E-state index in [4.69, 9.17) is 4.74 Å². The Morgan fingerprint density at radius 1 is 1.10 bits per heavy atom. The lowest BCUT2D eigenvalue weighted by atomic mass is 9.90. The summed E-state index contributed by atoms with van der Waals surface area (Å²) >= 11 is 0. The fraction of sp³-hybridized carbons (Fsp3) is 0.333. The zero-order valence-corrected chi connectivity index (χ0v) is 12.1. The average Bonchev–Trinajstić information content (AvgIpc) is 2.41. The van der Waals surface area contributed by atoms with Gasteiger partial charge in [-0.2, -0.15) is 0 Å². The fourth-order valence-electron chi connectivity index (χ4n) is 2.57. The molecule has 1 aliphatic carbocycles. The highest BCUT2D eigenvalue weighted by Crippen LogP contribution is 2.27. The number of hydrogen-bond donors (Lipinski definition) is 1. The molecule has 0 spiro atoms. The van der Waals surface area contributed by atoms with Crippen LogP contribution in [0.1, 0.15) is 12.8 Å². The molecule has 1 N–H and O–H groups in total. The smallest absolute Gasteiger partial charge is 0.241 e. The molecule has 1 aliphatic rings. The number of nitrogens with one attached hydrogen (secondary N) is 1. The number of rotatable bonds is 4. The van der Waals surface area contributed by atoms with Crippen LogP contribution in [-0.2, 0) is 14.8 Å². The summed E-state index contributed by atoms with van der Waals surface area (Å²) in [6, 6.07) is 12.8. The maximum atomic E-state index is 12.5. The zero-order valence-electron chi connectivity index (χ0n) is 11.2. The van der Waals surface area contributed by atoms with Gasteiger partial charge in [0.15, 0.2) is 0 Å².